The van der Waals surface area contributed by atoms with Crippen LogP contribution < -0.4 is 0 Å². The van der Waals surface area contributed by atoms with E-state index in [0.29, 0.717) is 25.3 Å². The summed E-state index contributed by atoms with van der Waals surface area (Å²) in [6, 6.07) is 0. The summed E-state index contributed by atoms with van der Waals surface area (Å²) in [4.78, 5) is 15.2. The predicted molar refractivity (Wildman–Crippen MR) is 47.3 cm³/mol. The lowest BCUT2D eigenvalue weighted by Crippen LogP contribution is -2.07. The summed E-state index contributed by atoms with van der Waals surface area (Å²) in [6.45, 7) is 4.90. The number of carbonyl (C=O) groups excluding carboxylic acids is 1. The lowest BCUT2D eigenvalue weighted by Gasteiger charge is -1.99. The molecule has 3 nitrogen and oxygen atoms in total. The van der Waals surface area contributed by atoms with E-state index in [1.807, 2.05) is 13.8 Å². The molecule has 0 aromatic rings. The molecule has 1 heterocycles. The fourth-order valence-corrected chi connectivity index (χ4v) is 1.03. The Balaban J connectivity index is 2.55. The zero-order valence-electron chi connectivity index (χ0n) is 7.46. The van der Waals surface area contributed by atoms with Crippen molar-refractivity contribution in [1.82, 2.24) is 0 Å². The van der Waals surface area contributed by atoms with E-state index >= 15 is 0 Å². The van der Waals surface area contributed by atoms with Crippen molar-refractivity contribution >= 4 is 11.5 Å². The van der Waals surface area contributed by atoms with E-state index in [1.54, 1.807) is 6.08 Å². The van der Waals surface area contributed by atoms with Crippen molar-refractivity contribution in [2.24, 2.45) is 4.99 Å². The van der Waals surface area contributed by atoms with Gasteiger partial charge in [-0.1, -0.05) is 6.92 Å². The average molecular weight is 167 g/mol. The van der Waals surface area contributed by atoms with Crippen molar-refractivity contribution in [3.05, 3.63) is 11.8 Å². The Hall–Kier alpha value is -1.12. The van der Waals surface area contributed by atoms with Crippen molar-refractivity contribution in [2.75, 3.05) is 13.2 Å². The summed E-state index contributed by atoms with van der Waals surface area (Å²) in [6.07, 6.45) is 2.24. The summed E-state index contributed by atoms with van der Waals surface area (Å²) in [5, 5.41) is 0. The van der Waals surface area contributed by atoms with Crippen LogP contribution in [0.3, 0.4) is 0 Å². The summed E-state index contributed by atoms with van der Waals surface area (Å²) in [5.74, 6) is 0.888. The van der Waals surface area contributed by atoms with Gasteiger partial charge < -0.3 is 4.74 Å². The van der Waals surface area contributed by atoms with Gasteiger partial charge in [0.2, 0.25) is 0 Å². The minimum atomic E-state index is 0.0877. The van der Waals surface area contributed by atoms with Gasteiger partial charge in [-0.3, -0.25) is 9.79 Å². The molecule has 0 saturated carbocycles. The van der Waals surface area contributed by atoms with Crippen LogP contribution in [0, 0.1) is 0 Å². The minimum Gasteiger partial charge on any atom is -0.496 e. The Bertz CT molecular complexity index is 241. The molecule has 12 heavy (non-hydrogen) atoms. The SMILES string of the molecule is CCOC1=CC(C(=O)CC)=NC1. The quantitative estimate of drug-likeness (QED) is 0.633. The molecule has 66 valence electrons. The van der Waals surface area contributed by atoms with Gasteiger partial charge in [0.15, 0.2) is 5.78 Å². The number of nitrogens with zero attached hydrogens (tertiary/aromatic N) is 1. The molecule has 0 saturated heterocycles. The number of hydrogen-bond acceptors (Lipinski definition) is 3. The number of ether oxygens (including phenoxy) is 1. The number of carbonyl (C=O) groups is 1. The van der Waals surface area contributed by atoms with Gasteiger partial charge in [0, 0.05) is 12.5 Å². The third-order valence-electron chi connectivity index (χ3n) is 1.64. The van der Waals surface area contributed by atoms with E-state index in [-0.39, 0.29) is 5.78 Å². The molecule has 1 aliphatic rings. The Labute approximate surface area is 72.1 Å². The molecule has 0 N–H and O–H groups in total. The summed E-state index contributed by atoms with van der Waals surface area (Å²) < 4.78 is 5.22. The summed E-state index contributed by atoms with van der Waals surface area (Å²) in [7, 11) is 0. The van der Waals surface area contributed by atoms with Gasteiger partial charge in [-0.2, -0.15) is 0 Å². The van der Waals surface area contributed by atoms with Crippen LogP contribution >= 0.6 is 0 Å². The number of ketones is 1. The monoisotopic (exact) mass is 167 g/mol. The molecule has 0 aromatic carbocycles. The van der Waals surface area contributed by atoms with Gasteiger partial charge in [0.05, 0.1) is 13.2 Å². The smallest absolute Gasteiger partial charge is 0.180 e. The second kappa shape index (κ2) is 4.04. The molecule has 0 aliphatic carbocycles. The average Bonchev–Trinajstić information content (AvgIpc) is 2.52. The van der Waals surface area contributed by atoms with E-state index in [1.165, 1.54) is 0 Å². The van der Waals surface area contributed by atoms with Crippen LogP contribution in [0.4, 0.5) is 0 Å². The first-order valence-corrected chi connectivity index (χ1v) is 4.19. The fraction of sp³-hybridized carbons (Fsp3) is 0.556. The standard InChI is InChI=1S/C9H13NO2/c1-3-9(11)8-5-7(6-10-8)12-4-2/h5H,3-4,6H2,1-2H3. The Morgan fingerprint density at radius 2 is 2.42 bits per heavy atom. The highest BCUT2D eigenvalue weighted by Gasteiger charge is 2.13. The van der Waals surface area contributed by atoms with Crippen molar-refractivity contribution in [3.63, 3.8) is 0 Å². The molecule has 1 rings (SSSR count). The Morgan fingerprint density at radius 1 is 1.67 bits per heavy atom. The zero-order chi connectivity index (χ0) is 8.97. The number of hydrogen-bond donors (Lipinski definition) is 0. The van der Waals surface area contributed by atoms with Crippen molar-refractivity contribution in [2.45, 2.75) is 20.3 Å². The van der Waals surface area contributed by atoms with Crippen LogP contribution in [0.2, 0.25) is 0 Å². The molecule has 0 atom stereocenters. The van der Waals surface area contributed by atoms with Gasteiger partial charge in [0.25, 0.3) is 0 Å². The number of Topliss-reactive ketones (excluding diaryl/α,β-unsaturated/α-hetero) is 1. The Morgan fingerprint density at radius 3 is 3.00 bits per heavy atom. The van der Waals surface area contributed by atoms with Crippen molar-refractivity contribution in [1.29, 1.82) is 0 Å². The molecule has 0 aromatic heterocycles. The molecule has 0 amide bonds. The molecular weight excluding hydrogens is 154 g/mol. The number of aliphatic imine (C=N–C) groups is 1. The molecule has 0 fully saturated rings. The fourth-order valence-electron chi connectivity index (χ4n) is 1.03. The third kappa shape index (κ3) is 1.94. The topological polar surface area (TPSA) is 38.7 Å². The largest absolute Gasteiger partial charge is 0.496 e. The van der Waals surface area contributed by atoms with Gasteiger partial charge >= 0.3 is 0 Å². The van der Waals surface area contributed by atoms with Gasteiger partial charge in [-0.15, -0.1) is 0 Å². The maximum Gasteiger partial charge on any atom is 0.180 e. The van der Waals surface area contributed by atoms with Crippen LogP contribution in [0.25, 0.3) is 0 Å². The maximum atomic E-state index is 11.1. The van der Waals surface area contributed by atoms with Crippen molar-refractivity contribution < 1.29 is 9.53 Å². The molecule has 0 radical (unpaired) electrons. The first kappa shape index (κ1) is 8.97. The van der Waals surface area contributed by atoms with Crippen LogP contribution in [0.15, 0.2) is 16.8 Å². The normalized spacial score (nSPS) is 15.5. The summed E-state index contributed by atoms with van der Waals surface area (Å²) >= 11 is 0. The van der Waals surface area contributed by atoms with Crippen LogP contribution in [-0.2, 0) is 9.53 Å². The molecule has 3 heteroatoms. The van der Waals surface area contributed by atoms with Gasteiger partial charge in [0.1, 0.15) is 11.5 Å². The first-order chi connectivity index (χ1) is 5.77. The molecule has 1 aliphatic heterocycles. The van der Waals surface area contributed by atoms with Crippen LogP contribution in [0.5, 0.6) is 0 Å². The van der Waals surface area contributed by atoms with E-state index in [9.17, 15) is 4.79 Å². The van der Waals surface area contributed by atoms with Crippen LogP contribution in [-0.4, -0.2) is 24.6 Å². The highest BCUT2D eigenvalue weighted by atomic mass is 16.5. The van der Waals surface area contributed by atoms with Crippen LogP contribution in [0.1, 0.15) is 20.3 Å². The number of rotatable bonds is 4. The molecule has 0 unspecified atom stereocenters. The Kier molecular flexibility index (Phi) is 3.02. The van der Waals surface area contributed by atoms with Gasteiger partial charge in [-0.05, 0) is 6.92 Å². The summed E-state index contributed by atoms with van der Waals surface area (Å²) in [5.41, 5.74) is 0.556. The van der Waals surface area contributed by atoms with E-state index in [0.717, 1.165) is 5.76 Å². The van der Waals surface area contributed by atoms with Gasteiger partial charge in [-0.25, -0.2) is 0 Å². The minimum absolute atomic E-state index is 0.0877. The van der Waals surface area contributed by atoms with E-state index < -0.39 is 0 Å². The lowest BCUT2D eigenvalue weighted by molar-refractivity contribution is -0.112. The highest BCUT2D eigenvalue weighted by Crippen LogP contribution is 2.08. The first-order valence-electron chi connectivity index (χ1n) is 4.19. The number of allylic oxidation sites excluding steroid dienone is 1. The van der Waals surface area contributed by atoms with E-state index in [2.05, 4.69) is 4.99 Å². The molecule has 0 bridgehead atoms. The van der Waals surface area contributed by atoms with E-state index in [4.69, 9.17) is 4.74 Å². The molecule has 0 spiro atoms. The third-order valence-corrected chi connectivity index (χ3v) is 1.64. The predicted octanol–water partition coefficient (Wildman–Crippen LogP) is 1.34. The second-order valence-electron chi connectivity index (χ2n) is 2.52. The second-order valence-corrected chi connectivity index (χ2v) is 2.52. The highest BCUT2D eigenvalue weighted by molar-refractivity contribution is 6.44. The zero-order valence-corrected chi connectivity index (χ0v) is 7.46. The maximum absolute atomic E-state index is 11.1. The lowest BCUT2D eigenvalue weighted by atomic mass is 10.2. The van der Waals surface area contributed by atoms with Crippen molar-refractivity contribution in [3.8, 4) is 0 Å². The molecular formula is C9H13NO2.